The smallest absolute Gasteiger partial charge is 0.303 e. The molecule has 312 valence electrons. The molecular formula is C45H51N2O10S2+. The van der Waals surface area contributed by atoms with Crippen LogP contribution in [0.15, 0.2) is 107 Å². The van der Waals surface area contributed by atoms with Crippen LogP contribution < -0.4 is 4.90 Å². The normalized spacial score (nSPS) is 16.9. The number of fused-ring (bicyclic) bond motifs is 6. The van der Waals surface area contributed by atoms with E-state index in [2.05, 4.69) is 49.3 Å². The van der Waals surface area contributed by atoms with E-state index < -0.39 is 43.0 Å². The lowest BCUT2D eigenvalue weighted by Gasteiger charge is -2.27. The highest BCUT2D eigenvalue weighted by molar-refractivity contribution is 7.86. The van der Waals surface area contributed by atoms with Crippen LogP contribution in [0.2, 0.25) is 0 Å². The van der Waals surface area contributed by atoms with Crippen LogP contribution in [-0.4, -0.2) is 71.5 Å². The minimum Gasteiger partial charge on any atom is -0.481 e. The Morgan fingerprint density at radius 1 is 0.661 bits per heavy atom. The molecule has 0 fully saturated rings. The summed E-state index contributed by atoms with van der Waals surface area (Å²) in [5.74, 6) is -1.65. The summed E-state index contributed by atoms with van der Waals surface area (Å²) in [6, 6.07) is 16.9. The maximum absolute atomic E-state index is 11.9. The van der Waals surface area contributed by atoms with Crippen LogP contribution in [0, 0.1) is 0 Å². The number of hydrogen-bond donors (Lipinski definition) is 4. The molecule has 4 N–H and O–H groups in total. The van der Waals surface area contributed by atoms with Crippen molar-refractivity contribution in [1.82, 2.24) is 0 Å². The zero-order chi connectivity index (χ0) is 42.9. The van der Waals surface area contributed by atoms with Gasteiger partial charge in [-0.15, -0.1) is 0 Å². The Labute approximate surface area is 345 Å². The van der Waals surface area contributed by atoms with Crippen LogP contribution in [0.3, 0.4) is 0 Å². The van der Waals surface area contributed by atoms with Crippen molar-refractivity contribution >= 4 is 70.8 Å². The zero-order valence-electron chi connectivity index (χ0n) is 33.7. The summed E-state index contributed by atoms with van der Waals surface area (Å²) in [7, 11) is -8.78. The fourth-order valence-electron chi connectivity index (χ4n) is 8.75. The average molecular weight is 844 g/mol. The van der Waals surface area contributed by atoms with E-state index in [0.29, 0.717) is 36.7 Å². The summed E-state index contributed by atoms with van der Waals surface area (Å²) >= 11 is 0. The van der Waals surface area contributed by atoms with Crippen molar-refractivity contribution in [3.63, 3.8) is 0 Å². The molecule has 14 heteroatoms. The van der Waals surface area contributed by atoms with Gasteiger partial charge in [-0.3, -0.25) is 18.7 Å². The number of allylic oxidation sites excluding steroid dienone is 6. The first-order valence-corrected chi connectivity index (χ1v) is 22.6. The molecule has 6 rings (SSSR count). The first-order chi connectivity index (χ1) is 27.7. The summed E-state index contributed by atoms with van der Waals surface area (Å²) in [6.07, 6.45) is 14.4. The number of carboxylic acid groups (broad SMARTS) is 2. The van der Waals surface area contributed by atoms with E-state index in [1.807, 2.05) is 42.5 Å². The number of benzene rings is 4. The minimum absolute atomic E-state index is 0.106. The van der Waals surface area contributed by atoms with E-state index in [-0.39, 0.29) is 22.6 Å². The van der Waals surface area contributed by atoms with Crippen LogP contribution >= 0.6 is 0 Å². The summed E-state index contributed by atoms with van der Waals surface area (Å²) in [4.78, 5) is 24.2. The molecule has 0 aliphatic carbocycles. The second kappa shape index (κ2) is 16.8. The number of unbranched alkanes of at least 4 members (excludes halogenated alkanes) is 4. The maximum atomic E-state index is 11.9. The molecule has 0 bridgehead atoms. The van der Waals surface area contributed by atoms with Crippen molar-refractivity contribution in [2.24, 2.45) is 0 Å². The van der Waals surface area contributed by atoms with Crippen molar-refractivity contribution in [1.29, 1.82) is 0 Å². The van der Waals surface area contributed by atoms with Crippen LogP contribution in [0.1, 0.15) is 90.2 Å². The van der Waals surface area contributed by atoms with Crippen molar-refractivity contribution in [2.45, 2.75) is 99.7 Å². The number of anilines is 1. The molecule has 12 nitrogen and oxygen atoms in total. The van der Waals surface area contributed by atoms with E-state index in [0.717, 1.165) is 70.4 Å². The molecule has 0 saturated heterocycles. The van der Waals surface area contributed by atoms with Crippen LogP contribution in [0.5, 0.6) is 0 Å². The quantitative estimate of drug-likeness (QED) is 0.0344. The highest BCUT2D eigenvalue weighted by atomic mass is 32.2. The van der Waals surface area contributed by atoms with E-state index in [1.165, 1.54) is 24.3 Å². The summed E-state index contributed by atoms with van der Waals surface area (Å²) in [6.45, 7) is 9.76. The molecule has 4 aromatic carbocycles. The highest BCUT2D eigenvalue weighted by Crippen LogP contribution is 2.51. The Kier molecular flexibility index (Phi) is 12.4. The largest absolute Gasteiger partial charge is 0.481 e. The number of hydrogen-bond acceptors (Lipinski definition) is 7. The van der Waals surface area contributed by atoms with Gasteiger partial charge < -0.3 is 15.1 Å². The number of rotatable bonds is 17. The van der Waals surface area contributed by atoms with E-state index in [1.54, 1.807) is 12.1 Å². The minimum atomic E-state index is -4.39. The molecule has 0 atom stereocenters. The second-order valence-corrected chi connectivity index (χ2v) is 19.1. The average Bonchev–Trinajstić information content (AvgIpc) is 3.51. The first-order valence-electron chi connectivity index (χ1n) is 19.7. The zero-order valence-corrected chi connectivity index (χ0v) is 35.3. The van der Waals surface area contributed by atoms with E-state index in [9.17, 15) is 35.5 Å². The molecule has 4 aromatic rings. The molecule has 0 amide bonds. The molecular weight excluding hydrogens is 793 g/mol. The summed E-state index contributed by atoms with van der Waals surface area (Å²) in [5.41, 5.74) is 5.01. The fourth-order valence-corrected chi connectivity index (χ4v) is 9.78. The predicted molar refractivity (Wildman–Crippen MR) is 229 cm³/mol. The van der Waals surface area contributed by atoms with Crippen molar-refractivity contribution in [3.05, 3.63) is 108 Å². The third-order valence-corrected chi connectivity index (χ3v) is 13.2. The molecule has 0 unspecified atom stereocenters. The molecule has 0 radical (unpaired) electrons. The molecule has 59 heavy (non-hydrogen) atoms. The number of carboxylic acids is 2. The van der Waals surface area contributed by atoms with Gasteiger partial charge in [-0.1, -0.05) is 56.7 Å². The van der Waals surface area contributed by atoms with Crippen molar-refractivity contribution < 1.29 is 50.3 Å². The molecule has 2 heterocycles. The van der Waals surface area contributed by atoms with Gasteiger partial charge in [0.25, 0.3) is 20.2 Å². The van der Waals surface area contributed by atoms with Crippen molar-refractivity contribution in [3.8, 4) is 0 Å². The lowest BCUT2D eigenvalue weighted by Crippen LogP contribution is -2.28. The van der Waals surface area contributed by atoms with Gasteiger partial charge in [-0.25, -0.2) is 0 Å². The molecule has 0 spiro atoms. The number of carbonyl (C=O) groups is 2. The lowest BCUT2D eigenvalue weighted by atomic mass is 9.79. The van der Waals surface area contributed by atoms with Gasteiger partial charge in [0.15, 0.2) is 5.71 Å². The van der Waals surface area contributed by atoms with Gasteiger partial charge in [0.1, 0.15) is 6.54 Å². The SMILES string of the molecule is CC1(C)C(/C=C/C=C/C=C2\N(CCCCCC(=O)O)c3ccc4cc(S(=O)(=O)O)ccc4c3C2(C)C)=[N+](CCCCCC(=O)O)c2ccc3cc(S(=O)(=O)O)ccc3c21. The summed E-state index contributed by atoms with van der Waals surface area (Å²) < 4.78 is 69.5. The standard InChI is InChI=1S/C45H50N2O10S2/c1-44(2)38(46(26-12-6-10-16-40(48)49)36-24-18-30-28-32(58(52,53)54)20-22-34(30)42(36)44)14-8-5-9-15-39-45(3,4)43-35-23-21-33(59(55,56)57)29-31(35)19-25-37(43)47(39)27-13-7-11-17-41(50)51/h5,8-9,14-15,18-25,28-29H,6-7,10-13,16-17,26-27H2,1-4H3,(H3-,48,49,50,51,52,53,54,55,56,57)/p+1. The van der Waals surface area contributed by atoms with Crippen molar-refractivity contribution in [2.75, 3.05) is 18.0 Å². The Hall–Kier alpha value is -5.15. The van der Waals surface area contributed by atoms with Gasteiger partial charge in [0.2, 0.25) is 5.69 Å². The fraction of sp³-hybridized carbons (Fsp3) is 0.356. The van der Waals surface area contributed by atoms with Gasteiger partial charge in [-0.2, -0.15) is 21.4 Å². The molecule has 0 aromatic heterocycles. The van der Waals surface area contributed by atoms with Crippen LogP contribution in [-0.2, 0) is 40.7 Å². The third-order valence-electron chi connectivity index (χ3n) is 11.5. The third kappa shape index (κ3) is 9.05. The van der Waals surface area contributed by atoms with Gasteiger partial charge in [0.05, 0.1) is 15.2 Å². The topological polar surface area (TPSA) is 190 Å². The van der Waals surface area contributed by atoms with Gasteiger partial charge >= 0.3 is 11.9 Å². The summed E-state index contributed by atoms with van der Waals surface area (Å²) in [5, 5.41) is 21.4. The van der Waals surface area contributed by atoms with E-state index >= 15 is 0 Å². The maximum Gasteiger partial charge on any atom is 0.303 e. The monoisotopic (exact) mass is 843 g/mol. The number of aliphatic carboxylic acids is 2. The van der Waals surface area contributed by atoms with E-state index in [4.69, 9.17) is 10.2 Å². The lowest BCUT2D eigenvalue weighted by molar-refractivity contribution is -0.438. The Morgan fingerprint density at radius 2 is 1.22 bits per heavy atom. The van der Waals surface area contributed by atoms with Crippen LogP contribution in [0.4, 0.5) is 11.4 Å². The molecule has 2 aliphatic heterocycles. The molecule has 0 saturated carbocycles. The predicted octanol–water partition coefficient (Wildman–Crippen LogP) is 8.95. The molecule has 2 aliphatic rings. The van der Waals surface area contributed by atoms with Gasteiger partial charge in [-0.05, 0) is 109 Å². The Morgan fingerprint density at radius 3 is 1.80 bits per heavy atom. The first kappa shape index (κ1) is 43.4. The van der Waals surface area contributed by atoms with Crippen LogP contribution in [0.25, 0.3) is 21.5 Å². The Bertz CT molecular complexity index is 2690. The Balaban J connectivity index is 1.35. The van der Waals surface area contributed by atoms with Gasteiger partial charge in [0, 0.05) is 60.3 Å². The second-order valence-electron chi connectivity index (χ2n) is 16.3. The highest BCUT2D eigenvalue weighted by Gasteiger charge is 2.45. The number of nitrogens with zero attached hydrogens (tertiary/aromatic N) is 2.